The third-order valence-corrected chi connectivity index (χ3v) is 4.89. The van der Waals surface area contributed by atoms with Gasteiger partial charge < -0.3 is 4.74 Å². The molecule has 1 aromatic carbocycles. The van der Waals surface area contributed by atoms with E-state index in [4.69, 9.17) is 16.3 Å². The van der Waals surface area contributed by atoms with Crippen LogP contribution in [0.3, 0.4) is 0 Å². The Balaban J connectivity index is 2.51. The van der Waals surface area contributed by atoms with Crippen molar-refractivity contribution in [2.24, 2.45) is 0 Å². The minimum absolute atomic E-state index is 0.0220. The van der Waals surface area contributed by atoms with Gasteiger partial charge >= 0.3 is 6.01 Å². The third-order valence-electron chi connectivity index (χ3n) is 2.65. The molecule has 0 radical (unpaired) electrons. The highest BCUT2D eigenvalue weighted by Crippen LogP contribution is 2.25. The molecule has 21 heavy (non-hydrogen) atoms. The first-order chi connectivity index (χ1) is 9.86. The molecular weight excluding hydrogens is 316 g/mol. The minimum atomic E-state index is -3.87. The van der Waals surface area contributed by atoms with Crippen LogP contribution in [0, 0.1) is 6.92 Å². The Labute approximate surface area is 127 Å². The van der Waals surface area contributed by atoms with Crippen molar-refractivity contribution in [1.29, 1.82) is 0 Å². The molecule has 0 unspecified atom stereocenters. The van der Waals surface area contributed by atoms with E-state index in [0.29, 0.717) is 5.82 Å². The maximum absolute atomic E-state index is 12.6. The van der Waals surface area contributed by atoms with Gasteiger partial charge in [0.1, 0.15) is 10.7 Å². The lowest BCUT2D eigenvalue weighted by molar-refractivity contribution is 0.377. The number of methoxy groups -OCH3 is 1. The molecule has 0 aliphatic heterocycles. The number of hydrogen-bond acceptors (Lipinski definition) is 6. The smallest absolute Gasteiger partial charge is 0.321 e. The van der Waals surface area contributed by atoms with Gasteiger partial charge in [0, 0.05) is 7.05 Å². The number of nitrogens with zero attached hydrogens (tertiary/aromatic N) is 4. The first kappa shape index (κ1) is 15.5. The second kappa shape index (κ2) is 5.82. The summed E-state index contributed by atoms with van der Waals surface area (Å²) in [5.74, 6) is 0.303. The summed E-state index contributed by atoms with van der Waals surface area (Å²) in [5.41, 5.74) is 0. The number of aryl methyl sites for hydroxylation is 1. The van der Waals surface area contributed by atoms with Crippen LogP contribution in [-0.2, 0) is 10.0 Å². The molecule has 0 bridgehead atoms. The van der Waals surface area contributed by atoms with Gasteiger partial charge in [0.05, 0.1) is 12.1 Å². The highest BCUT2D eigenvalue weighted by Gasteiger charge is 2.26. The summed E-state index contributed by atoms with van der Waals surface area (Å²) in [4.78, 5) is 11.8. The molecular formula is C12H13ClN4O3S. The highest BCUT2D eigenvalue weighted by molar-refractivity contribution is 7.92. The van der Waals surface area contributed by atoms with Crippen molar-refractivity contribution >= 4 is 27.6 Å². The molecule has 0 aliphatic rings. The summed E-state index contributed by atoms with van der Waals surface area (Å²) in [6, 6.07) is 6.20. The van der Waals surface area contributed by atoms with Gasteiger partial charge in [0.25, 0.3) is 10.0 Å². The Morgan fingerprint density at radius 2 is 1.86 bits per heavy atom. The molecule has 0 amide bonds. The molecule has 0 aliphatic carbocycles. The predicted octanol–water partition coefficient (Wildman–Crippen LogP) is 1.67. The summed E-state index contributed by atoms with van der Waals surface area (Å²) in [5, 5.41) is 0.127. The molecule has 2 rings (SSSR count). The van der Waals surface area contributed by atoms with E-state index < -0.39 is 10.0 Å². The Hall–Kier alpha value is -1.93. The molecule has 1 aromatic heterocycles. The van der Waals surface area contributed by atoms with Crippen molar-refractivity contribution in [3.05, 3.63) is 35.1 Å². The molecule has 0 fully saturated rings. The van der Waals surface area contributed by atoms with Gasteiger partial charge in [0.2, 0.25) is 5.95 Å². The van der Waals surface area contributed by atoms with Crippen molar-refractivity contribution in [1.82, 2.24) is 15.0 Å². The maximum Gasteiger partial charge on any atom is 0.321 e. The van der Waals surface area contributed by atoms with E-state index in [1.54, 1.807) is 19.1 Å². The summed E-state index contributed by atoms with van der Waals surface area (Å²) in [6.45, 7) is 1.61. The van der Waals surface area contributed by atoms with Crippen LogP contribution in [0.4, 0.5) is 5.95 Å². The predicted molar refractivity (Wildman–Crippen MR) is 78.2 cm³/mol. The van der Waals surface area contributed by atoms with Crippen LogP contribution in [0.2, 0.25) is 5.02 Å². The van der Waals surface area contributed by atoms with Crippen molar-refractivity contribution in [2.45, 2.75) is 11.8 Å². The van der Waals surface area contributed by atoms with Crippen molar-refractivity contribution in [3.63, 3.8) is 0 Å². The number of hydrogen-bond donors (Lipinski definition) is 0. The second-order valence-corrected chi connectivity index (χ2v) is 6.42. The Morgan fingerprint density at radius 1 is 1.19 bits per heavy atom. The number of sulfonamides is 1. The molecule has 1 heterocycles. The number of anilines is 1. The Kier molecular flexibility index (Phi) is 4.29. The van der Waals surface area contributed by atoms with E-state index >= 15 is 0 Å². The average Bonchev–Trinajstić information content (AvgIpc) is 2.45. The molecule has 0 atom stereocenters. The van der Waals surface area contributed by atoms with Crippen LogP contribution >= 0.6 is 11.6 Å². The molecule has 0 N–H and O–H groups in total. The van der Waals surface area contributed by atoms with Crippen LogP contribution in [0.5, 0.6) is 6.01 Å². The zero-order valence-corrected chi connectivity index (χ0v) is 13.2. The lowest BCUT2D eigenvalue weighted by Crippen LogP contribution is -2.29. The van der Waals surface area contributed by atoms with Gasteiger partial charge in [-0.3, -0.25) is 0 Å². The molecule has 9 heteroatoms. The Morgan fingerprint density at radius 3 is 2.48 bits per heavy atom. The number of benzene rings is 1. The zero-order chi connectivity index (χ0) is 15.6. The monoisotopic (exact) mass is 328 g/mol. The summed E-state index contributed by atoms with van der Waals surface area (Å²) < 4.78 is 31.0. The van der Waals surface area contributed by atoms with Crippen LogP contribution in [0.25, 0.3) is 0 Å². The van der Waals surface area contributed by atoms with Gasteiger partial charge in [-0.15, -0.1) is 0 Å². The number of aromatic nitrogens is 3. The van der Waals surface area contributed by atoms with Gasteiger partial charge in [-0.2, -0.15) is 15.0 Å². The van der Waals surface area contributed by atoms with E-state index in [-0.39, 0.29) is 21.9 Å². The van der Waals surface area contributed by atoms with Gasteiger partial charge in [-0.25, -0.2) is 12.7 Å². The van der Waals surface area contributed by atoms with Gasteiger partial charge in [-0.05, 0) is 19.1 Å². The fourth-order valence-corrected chi connectivity index (χ4v) is 3.17. The van der Waals surface area contributed by atoms with Crippen LogP contribution in [-0.4, -0.2) is 37.5 Å². The van der Waals surface area contributed by atoms with Crippen LogP contribution < -0.4 is 9.04 Å². The Bertz CT molecular complexity index is 767. The fraction of sp³-hybridized carbons (Fsp3) is 0.250. The summed E-state index contributed by atoms with van der Waals surface area (Å²) in [6.07, 6.45) is 0. The van der Waals surface area contributed by atoms with Crippen LogP contribution in [0.1, 0.15) is 5.82 Å². The van der Waals surface area contributed by atoms with E-state index in [9.17, 15) is 8.42 Å². The highest BCUT2D eigenvalue weighted by atomic mass is 35.5. The number of ether oxygens (including phenoxy) is 1. The third kappa shape index (κ3) is 3.06. The lowest BCUT2D eigenvalue weighted by Gasteiger charge is -2.18. The lowest BCUT2D eigenvalue weighted by atomic mass is 10.4. The average molecular weight is 329 g/mol. The standard InChI is InChI=1S/C12H13ClN4O3S/c1-8-14-11(16-12(15-8)20-3)17(2)21(18,19)10-7-5-4-6-9(10)13/h4-7H,1-3H3. The van der Waals surface area contributed by atoms with Crippen molar-refractivity contribution in [2.75, 3.05) is 18.5 Å². The SMILES string of the molecule is COc1nc(C)nc(N(C)S(=O)(=O)c2ccccc2Cl)n1. The topological polar surface area (TPSA) is 85.3 Å². The molecule has 7 nitrogen and oxygen atoms in total. The largest absolute Gasteiger partial charge is 0.467 e. The van der Waals surface area contributed by atoms with E-state index in [1.165, 1.54) is 26.3 Å². The fourth-order valence-electron chi connectivity index (χ4n) is 1.58. The summed E-state index contributed by atoms with van der Waals surface area (Å²) >= 11 is 5.95. The second-order valence-electron chi connectivity index (χ2n) is 4.07. The van der Waals surface area contributed by atoms with E-state index in [2.05, 4.69) is 15.0 Å². The molecule has 2 aromatic rings. The van der Waals surface area contributed by atoms with Crippen LogP contribution in [0.15, 0.2) is 29.2 Å². The minimum Gasteiger partial charge on any atom is -0.467 e. The quantitative estimate of drug-likeness (QED) is 0.848. The maximum atomic E-state index is 12.6. The van der Waals surface area contributed by atoms with Crippen molar-refractivity contribution < 1.29 is 13.2 Å². The normalized spacial score (nSPS) is 11.2. The molecule has 0 spiro atoms. The molecule has 112 valence electrons. The number of halogens is 1. The summed E-state index contributed by atoms with van der Waals surface area (Å²) in [7, 11) is -1.14. The first-order valence-corrected chi connectivity index (χ1v) is 7.68. The van der Waals surface area contributed by atoms with E-state index in [1.807, 2.05) is 0 Å². The van der Waals surface area contributed by atoms with Crippen molar-refractivity contribution in [3.8, 4) is 6.01 Å². The van der Waals surface area contributed by atoms with E-state index in [0.717, 1.165) is 4.31 Å². The molecule has 0 saturated carbocycles. The van der Waals surface area contributed by atoms with Gasteiger partial charge in [-0.1, -0.05) is 23.7 Å². The number of rotatable bonds is 4. The zero-order valence-electron chi connectivity index (χ0n) is 11.6. The van der Waals surface area contributed by atoms with Gasteiger partial charge in [0.15, 0.2) is 0 Å². The molecule has 0 saturated heterocycles. The first-order valence-electron chi connectivity index (χ1n) is 5.86.